The van der Waals surface area contributed by atoms with E-state index < -0.39 is 0 Å². The smallest absolute Gasteiger partial charge is 0.269 e. The third kappa shape index (κ3) is 3.44. The molecule has 2 atom stereocenters. The monoisotopic (exact) mass is 264 g/mol. The van der Waals surface area contributed by atoms with Gasteiger partial charge in [-0.1, -0.05) is 6.92 Å². The van der Waals surface area contributed by atoms with Gasteiger partial charge in [-0.2, -0.15) is 0 Å². The molecule has 2 unspecified atom stereocenters. The number of non-ortho nitro benzene ring substituents is 1. The van der Waals surface area contributed by atoms with Crippen molar-refractivity contribution in [2.75, 3.05) is 12.4 Å². The molecule has 1 fully saturated rings. The molecule has 0 aliphatic heterocycles. The molecule has 1 aromatic rings. The number of hydrogen-bond donors (Lipinski definition) is 1. The van der Waals surface area contributed by atoms with Crippen molar-refractivity contribution in [3.63, 3.8) is 0 Å². The Balaban J connectivity index is 2.16. The van der Waals surface area contributed by atoms with E-state index in [4.69, 9.17) is 4.74 Å². The van der Waals surface area contributed by atoms with Crippen LogP contribution in [0.3, 0.4) is 0 Å². The van der Waals surface area contributed by atoms with Crippen LogP contribution in [0.1, 0.15) is 31.7 Å². The van der Waals surface area contributed by atoms with Crippen LogP contribution in [0.25, 0.3) is 0 Å². The molecule has 5 nitrogen and oxygen atoms in total. The molecular weight excluding hydrogens is 244 g/mol. The van der Waals surface area contributed by atoms with E-state index in [0.29, 0.717) is 12.6 Å². The third-order valence-electron chi connectivity index (χ3n) is 3.65. The number of nitrogens with one attached hydrogen (secondary N) is 1. The van der Waals surface area contributed by atoms with Crippen molar-refractivity contribution < 1.29 is 9.66 Å². The Kier molecular flexibility index (Phi) is 4.37. The predicted molar refractivity (Wildman–Crippen MR) is 74.2 cm³/mol. The van der Waals surface area contributed by atoms with Gasteiger partial charge in [0, 0.05) is 36.5 Å². The summed E-state index contributed by atoms with van der Waals surface area (Å²) in [7, 11) is 1.60. The number of benzene rings is 1. The molecular formula is C14H20N2O3. The lowest BCUT2D eigenvalue weighted by Crippen LogP contribution is -2.16. The van der Waals surface area contributed by atoms with Gasteiger partial charge in [-0.3, -0.25) is 10.1 Å². The number of rotatable bonds is 5. The van der Waals surface area contributed by atoms with Crippen molar-refractivity contribution in [3.05, 3.63) is 33.9 Å². The highest BCUT2D eigenvalue weighted by atomic mass is 16.6. The van der Waals surface area contributed by atoms with Crippen molar-refractivity contribution in [2.45, 2.75) is 38.8 Å². The molecule has 0 heterocycles. The van der Waals surface area contributed by atoms with E-state index in [-0.39, 0.29) is 10.6 Å². The zero-order valence-electron chi connectivity index (χ0n) is 11.4. The van der Waals surface area contributed by atoms with E-state index in [1.165, 1.54) is 6.42 Å². The molecule has 0 spiro atoms. The van der Waals surface area contributed by atoms with Gasteiger partial charge >= 0.3 is 0 Å². The van der Waals surface area contributed by atoms with Crippen molar-refractivity contribution >= 4 is 11.4 Å². The average Bonchev–Trinajstić information content (AvgIpc) is 2.77. The molecule has 1 aromatic carbocycles. The fourth-order valence-electron chi connectivity index (χ4n) is 2.67. The highest BCUT2D eigenvalue weighted by molar-refractivity contribution is 5.56. The molecule has 1 N–H and O–H groups in total. The first-order chi connectivity index (χ1) is 9.10. The van der Waals surface area contributed by atoms with Crippen LogP contribution < -0.4 is 5.32 Å². The highest BCUT2D eigenvalue weighted by Gasteiger charge is 2.22. The van der Waals surface area contributed by atoms with Gasteiger partial charge in [0.2, 0.25) is 0 Å². The van der Waals surface area contributed by atoms with Crippen LogP contribution >= 0.6 is 0 Å². The first-order valence-electron chi connectivity index (χ1n) is 6.63. The Morgan fingerprint density at radius 2 is 2.26 bits per heavy atom. The standard InChI is InChI=1S/C14H20N2O3/c1-10-3-4-12(7-10)15-14-6-5-13(16(17)18)8-11(14)9-19-2/h5-6,8,10,12,15H,3-4,7,9H2,1-2H3. The molecule has 0 bridgehead atoms. The second-order valence-corrected chi connectivity index (χ2v) is 5.29. The van der Waals surface area contributed by atoms with Gasteiger partial charge in [0.05, 0.1) is 11.5 Å². The van der Waals surface area contributed by atoms with Crippen molar-refractivity contribution in [2.24, 2.45) is 5.92 Å². The van der Waals surface area contributed by atoms with Crippen LogP contribution in [0, 0.1) is 16.0 Å². The maximum Gasteiger partial charge on any atom is 0.269 e. The lowest BCUT2D eigenvalue weighted by Gasteiger charge is -2.17. The Bertz CT molecular complexity index is 462. The number of methoxy groups -OCH3 is 1. The number of nitro groups is 1. The van der Waals surface area contributed by atoms with Crippen molar-refractivity contribution in [1.82, 2.24) is 0 Å². The molecule has 19 heavy (non-hydrogen) atoms. The van der Waals surface area contributed by atoms with Gasteiger partial charge in [-0.25, -0.2) is 0 Å². The molecule has 1 aliphatic rings. The Labute approximate surface area is 113 Å². The topological polar surface area (TPSA) is 64.4 Å². The average molecular weight is 264 g/mol. The normalized spacial score (nSPS) is 22.4. The van der Waals surface area contributed by atoms with Crippen LogP contribution in [-0.4, -0.2) is 18.1 Å². The fraction of sp³-hybridized carbons (Fsp3) is 0.571. The van der Waals surface area contributed by atoms with Crippen molar-refractivity contribution in [3.8, 4) is 0 Å². The SMILES string of the molecule is COCc1cc([N+](=O)[O-])ccc1NC1CCC(C)C1. The highest BCUT2D eigenvalue weighted by Crippen LogP contribution is 2.30. The Hall–Kier alpha value is -1.62. The number of ether oxygens (including phenoxy) is 1. The second-order valence-electron chi connectivity index (χ2n) is 5.29. The van der Waals surface area contributed by atoms with Crippen LogP contribution in [0.2, 0.25) is 0 Å². The van der Waals surface area contributed by atoms with Crippen LogP contribution in [-0.2, 0) is 11.3 Å². The molecule has 1 aliphatic carbocycles. The zero-order chi connectivity index (χ0) is 13.8. The largest absolute Gasteiger partial charge is 0.382 e. The van der Waals surface area contributed by atoms with Gasteiger partial charge in [-0.05, 0) is 31.2 Å². The molecule has 0 radical (unpaired) electrons. The fourth-order valence-corrected chi connectivity index (χ4v) is 2.67. The first-order valence-corrected chi connectivity index (χ1v) is 6.63. The number of nitrogens with zero attached hydrogens (tertiary/aromatic N) is 1. The molecule has 104 valence electrons. The van der Waals surface area contributed by atoms with E-state index in [2.05, 4.69) is 12.2 Å². The van der Waals surface area contributed by atoms with Gasteiger partial charge < -0.3 is 10.1 Å². The second kappa shape index (κ2) is 6.02. The summed E-state index contributed by atoms with van der Waals surface area (Å²) in [5.74, 6) is 0.751. The summed E-state index contributed by atoms with van der Waals surface area (Å²) < 4.78 is 5.13. The van der Waals surface area contributed by atoms with Gasteiger partial charge in [0.1, 0.15) is 0 Å². The van der Waals surface area contributed by atoms with E-state index in [9.17, 15) is 10.1 Å². The molecule has 0 saturated heterocycles. The summed E-state index contributed by atoms with van der Waals surface area (Å²) >= 11 is 0. The summed E-state index contributed by atoms with van der Waals surface area (Å²) in [4.78, 5) is 10.4. The molecule has 2 rings (SSSR count). The molecule has 5 heteroatoms. The summed E-state index contributed by atoms with van der Waals surface area (Å²) in [6.45, 7) is 2.64. The third-order valence-corrected chi connectivity index (χ3v) is 3.65. The number of nitro benzene ring substituents is 1. The Morgan fingerprint density at radius 3 is 2.84 bits per heavy atom. The molecule has 1 saturated carbocycles. The zero-order valence-corrected chi connectivity index (χ0v) is 11.4. The van der Waals surface area contributed by atoms with Gasteiger partial charge in [0.25, 0.3) is 5.69 Å². The van der Waals surface area contributed by atoms with E-state index in [0.717, 1.165) is 30.0 Å². The minimum atomic E-state index is -0.374. The minimum absolute atomic E-state index is 0.109. The lowest BCUT2D eigenvalue weighted by atomic mass is 10.1. The molecule has 0 amide bonds. The minimum Gasteiger partial charge on any atom is -0.382 e. The van der Waals surface area contributed by atoms with E-state index in [1.807, 2.05) is 0 Å². The van der Waals surface area contributed by atoms with Gasteiger partial charge in [0.15, 0.2) is 0 Å². The number of anilines is 1. The summed E-state index contributed by atoms with van der Waals surface area (Å²) in [5, 5.41) is 14.3. The quantitative estimate of drug-likeness (QED) is 0.654. The Morgan fingerprint density at radius 1 is 1.47 bits per heavy atom. The van der Waals surface area contributed by atoms with Crippen LogP contribution in [0.15, 0.2) is 18.2 Å². The summed E-state index contributed by atoms with van der Waals surface area (Å²) in [6.07, 6.45) is 3.55. The maximum atomic E-state index is 10.8. The number of hydrogen-bond acceptors (Lipinski definition) is 4. The van der Waals surface area contributed by atoms with Gasteiger partial charge in [-0.15, -0.1) is 0 Å². The van der Waals surface area contributed by atoms with Crippen LogP contribution in [0.4, 0.5) is 11.4 Å². The first kappa shape index (κ1) is 13.8. The van der Waals surface area contributed by atoms with Crippen molar-refractivity contribution in [1.29, 1.82) is 0 Å². The lowest BCUT2D eigenvalue weighted by molar-refractivity contribution is -0.384. The van der Waals surface area contributed by atoms with E-state index in [1.54, 1.807) is 25.3 Å². The summed E-state index contributed by atoms with van der Waals surface area (Å²) in [6, 6.07) is 5.38. The maximum absolute atomic E-state index is 10.8. The summed E-state index contributed by atoms with van der Waals surface area (Å²) in [5.41, 5.74) is 1.90. The predicted octanol–water partition coefficient (Wildman–Crippen LogP) is 3.34. The molecule has 0 aromatic heterocycles. The van der Waals surface area contributed by atoms with Crippen LogP contribution in [0.5, 0.6) is 0 Å². The van der Waals surface area contributed by atoms with E-state index >= 15 is 0 Å².